The molecule has 1 saturated heterocycles. The maximum atomic E-state index is 12.6. The SMILES string of the molecule is Cc1nc([C@H]2CCN(C(=O)c3ccccn3)C2)ncc1C(=O)Nc1ccc(Cl)cc1. The molecule has 1 aliphatic heterocycles. The van der Waals surface area contributed by atoms with E-state index < -0.39 is 0 Å². The minimum Gasteiger partial charge on any atom is -0.337 e. The zero-order valence-electron chi connectivity index (χ0n) is 16.4. The number of carbonyl (C=O) groups excluding carboxylic acids is 2. The lowest BCUT2D eigenvalue weighted by atomic mass is 10.1. The first-order chi connectivity index (χ1) is 14.5. The van der Waals surface area contributed by atoms with Crippen molar-refractivity contribution in [3.05, 3.63) is 82.7 Å². The van der Waals surface area contributed by atoms with Gasteiger partial charge < -0.3 is 10.2 Å². The molecule has 0 unspecified atom stereocenters. The van der Waals surface area contributed by atoms with Crippen LogP contribution < -0.4 is 5.32 Å². The molecule has 2 amide bonds. The van der Waals surface area contributed by atoms with Gasteiger partial charge in [0.2, 0.25) is 0 Å². The van der Waals surface area contributed by atoms with Gasteiger partial charge >= 0.3 is 0 Å². The van der Waals surface area contributed by atoms with Gasteiger partial charge in [-0.2, -0.15) is 0 Å². The lowest BCUT2D eigenvalue weighted by Gasteiger charge is -2.16. The summed E-state index contributed by atoms with van der Waals surface area (Å²) in [5.74, 6) is 0.310. The molecule has 0 spiro atoms. The largest absolute Gasteiger partial charge is 0.337 e. The average molecular weight is 422 g/mol. The Labute approximate surface area is 179 Å². The predicted octanol–water partition coefficient (Wildman–Crippen LogP) is 3.72. The number of anilines is 1. The minimum absolute atomic E-state index is 0.0322. The van der Waals surface area contributed by atoms with Crippen molar-refractivity contribution in [2.75, 3.05) is 18.4 Å². The Morgan fingerprint density at radius 2 is 1.93 bits per heavy atom. The van der Waals surface area contributed by atoms with Crippen molar-refractivity contribution < 1.29 is 9.59 Å². The second kappa shape index (κ2) is 8.59. The van der Waals surface area contributed by atoms with Crippen LogP contribution in [0.3, 0.4) is 0 Å². The van der Waals surface area contributed by atoms with Crippen molar-refractivity contribution in [1.82, 2.24) is 19.9 Å². The summed E-state index contributed by atoms with van der Waals surface area (Å²) in [5.41, 5.74) is 2.09. The van der Waals surface area contributed by atoms with Crippen LogP contribution in [-0.2, 0) is 0 Å². The Morgan fingerprint density at radius 1 is 1.13 bits per heavy atom. The minimum atomic E-state index is -0.278. The van der Waals surface area contributed by atoms with E-state index in [2.05, 4.69) is 20.3 Å². The highest BCUT2D eigenvalue weighted by molar-refractivity contribution is 6.30. The van der Waals surface area contributed by atoms with Crippen molar-refractivity contribution in [2.45, 2.75) is 19.3 Å². The molecule has 30 heavy (non-hydrogen) atoms. The summed E-state index contributed by atoms with van der Waals surface area (Å²) in [4.78, 5) is 40.0. The van der Waals surface area contributed by atoms with Gasteiger partial charge in [-0.05, 0) is 49.7 Å². The summed E-state index contributed by atoms with van der Waals surface area (Å²) in [6.45, 7) is 2.94. The van der Waals surface area contributed by atoms with Crippen LogP contribution in [0.1, 0.15) is 44.7 Å². The van der Waals surface area contributed by atoms with E-state index in [0.717, 1.165) is 6.42 Å². The molecule has 1 aliphatic rings. The van der Waals surface area contributed by atoms with Gasteiger partial charge in [-0.25, -0.2) is 9.97 Å². The van der Waals surface area contributed by atoms with Crippen molar-refractivity contribution in [3.8, 4) is 0 Å². The number of aryl methyl sites for hydroxylation is 1. The topological polar surface area (TPSA) is 88.1 Å². The Balaban J connectivity index is 1.44. The van der Waals surface area contributed by atoms with Crippen LogP contribution in [0.2, 0.25) is 5.02 Å². The molecule has 3 heterocycles. The maximum absolute atomic E-state index is 12.6. The third kappa shape index (κ3) is 4.31. The Bertz CT molecular complexity index is 1070. The molecule has 0 aliphatic carbocycles. The maximum Gasteiger partial charge on any atom is 0.272 e. The Kier molecular flexibility index (Phi) is 5.72. The molecule has 7 nitrogen and oxygen atoms in total. The first kappa shape index (κ1) is 20.0. The molecule has 152 valence electrons. The van der Waals surface area contributed by atoms with Crippen molar-refractivity contribution in [1.29, 1.82) is 0 Å². The standard InChI is InChI=1S/C22H20ClN5O2/c1-14-18(21(29)27-17-7-5-16(23)6-8-17)12-25-20(26-14)15-9-11-28(13-15)22(30)19-4-2-3-10-24-19/h2-8,10,12,15H,9,11,13H2,1H3,(H,27,29)/t15-/m0/s1. The molecule has 0 radical (unpaired) electrons. The summed E-state index contributed by atoms with van der Waals surface area (Å²) in [6.07, 6.45) is 3.93. The zero-order valence-corrected chi connectivity index (χ0v) is 17.1. The number of nitrogens with zero attached hydrogens (tertiary/aromatic N) is 4. The van der Waals surface area contributed by atoms with Crippen LogP contribution in [0, 0.1) is 6.92 Å². The molecule has 0 bridgehead atoms. The fraction of sp³-hybridized carbons (Fsp3) is 0.227. The van der Waals surface area contributed by atoms with Crippen LogP contribution in [0.25, 0.3) is 0 Å². The quantitative estimate of drug-likeness (QED) is 0.693. The number of hydrogen-bond donors (Lipinski definition) is 1. The first-order valence-electron chi connectivity index (χ1n) is 9.62. The molecule has 0 saturated carbocycles. The van der Waals surface area contributed by atoms with Gasteiger partial charge in [0.1, 0.15) is 11.5 Å². The number of aromatic nitrogens is 3. The summed E-state index contributed by atoms with van der Waals surface area (Å²) >= 11 is 5.87. The first-order valence-corrected chi connectivity index (χ1v) is 10.00. The number of hydrogen-bond acceptors (Lipinski definition) is 5. The smallest absolute Gasteiger partial charge is 0.272 e. The van der Waals surface area contributed by atoms with Crippen molar-refractivity contribution in [3.63, 3.8) is 0 Å². The lowest BCUT2D eigenvalue weighted by Crippen LogP contribution is -2.29. The summed E-state index contributed by atoms with van der Waals surface area (Å²) < 4.78 is 0. The summed E-state index contributed by atoms with van der Waals surface area (Å²) in [5, 5.41) is 3.42. The Morgan fingerprint density at radius 3 is 2.63 bits per heavy atom. The number of pyridine rings is 1. The molecule has 8 heteroatoms. The normalized spacial score (nSPS) is 15.8. The number of rotatable bonds is 4. The van der Waals surface area contributed by atoms with E-state index in [0.29, 0.717) is 46.6 Å². The van der Waals surface area contributed by atoms with Crippen LogP contribution in [0.5, 0.6) is 0 Å². The number of halogens is 1. The number of amides is 2. The van der Waals surface area contributed by atoms with E-state index >= 15 is 0 Å². The van der Waals surface area contributed by atoms with Gasteiger partial charge in [0.25, 0.3) is 11.8 Å². The molecule has 1 fully saturated rings. The fourth-order valence-corrected chi connectivity index (χ4v) is 3.57. The van der Waals surface area contributed by atoms with Crippen LogP contribution in [0.15, 0.2) is 54.9 Å². The third-order valence-electron chi connectivity index (χ3n) is 5.07. The third-order valence-corrected chi connectivity index (χ3v) is 5.32. The molecule has 3 aromatic rings. The molecular formula is C22H20ClN5O2. The summed E-state index contributed by atoms with van der Waals surface area (Å²) in [7, 11) is 0. The molecular weight excluding hydrogens is 402 g/mol. The molecule has 1 N–H and O–H groups in total. The van der Waals surface area contributed by atoms with E-state index in [1.165, 1.54) is 0 Å². The number of nitrogens with one attached hydrogen (secondary N) is 1. The van der Waals surface area contributed by atoms with E-state index in [1.54, 1.807) is 66.7 Å². The van der Waals surface area contributed by atoms with E-state index in [-0.39, 0.29) is 17.7 Å². The van der Waals surface area contributed by atoms with Crippen LogP contribution in [0.4, 0.5) is 5.69 Å². The monoisotopic (exact) mass is 421 g/mol. The van der Waals surface area contributed by atoms with Crippen LogP contribution in [-0.4, -0.2) is 44.8 Å². The molecule has 1 atom stereocenters. The van der Waals surface area contributed by atoms with Crippen LogP contribution >= 0.6 is 11.6 Å². The number of carbonyl (C=O) groups is 2. The van der Waals surface area contributed by atoms with E-state index in [9.17, 15) is 9.59 Å². The Hall–Kier alpha value is -3.32. The highest BCUT2D eigenvalue weighted by atomic mass is 35.5. The van der Waals surface area contributed by atoms with Crippen molar-refractivity contribution >= 4 is 29.1 Å². The second-order valence-electron chi connectivity index (χ2n) is 7.14. The van der Waals surface area contributed by atoms with Gasteiger partial charge in [0.15, 0.2) is 0 Å². The molecule has 4 rings (SSSR count). The van der Waals surface area contributed by atoms with Gasteiger partial charge in [0.05, 0.1) is 11.3 Å². The number of likely N-dealkylation sites (tertiary alicyclic amines) is 1. The average Bonchev–Trinajstić information content (AvgIpc) is 3.25. The fourth-order valence-electron chi connectivity index (χ4n) is 3.44. The van der Waals surface area contributed by atoms with Gasteiger partial charge in [-0.3, -0.25) is 14.6 Å². The number of benzene rings is 1. The lowest BCUT2D eigenvalue weighted by molar-refractivity contribution is 0.0784. The highest BCUT2D eigenvalue weighted by Crippen LogP contribution is 2.26. The highest BCUT2D eigenvalue weighted by Gasteiger charge is 2.30. The molecule has 1 aromatic carbocycles. The zero-order chi connectivity index (χ0) is 21.1. The molecule has 2 aromatic heterocycles. The summed E-state index contributed by atoms with van der Waals surface area (Å²) in [6, 6.07) is 12.2. The van der Waals surface area contributed by atoms with E-state index in [1.807, 2.05) is 0 Å². The van der Waals surface area contributed by atoms with E-state index in [4.69, 9.17) is 11.6 Å². The predicted molar refractivity (Wildman–Crippen MR) is 114 cm³/mol. The second-order valence-corrected chi connectivity index (χ2v) is 7.58. The van der Waals surface area contributed by atoms with Gasteiger partial charge in [-0.15, -0.1) is 0 Å². The van der Waals surface area contributed by atoms with Gasteiger partial charge in [-0.1, -0.05) is 17.7 Å². The van der Waals surface area contributed by atoms with Gasteiger partial charge in [0, 0.05) is 42.1 Å². The van der Waals surface area contributed by atoms with Crippen molar-refractivity contribution in [2.24, 2.45) is 0 Å².